The molecule has 5 nitrogen and oxygen atoms in total. The van der Waals surface area contributed by atoms with E-state index in [-0.39, 0.29) is 18.9 Å². The van der Waals surface area contributed by atoms with Crippen LogP contribution < -0.4 is 0 Å². The molecule has 142 valence electrons. The molecule has 0 spiro atoms. The smallest absolute Gasteiger partial charge is 0.378 e. The number of hydrogen-bond acceptors (Lipinski definition) is 4. The van der Waals surface area contributed by atoms with Crippen LogP contribution in [0.15, 0.2) is 30.5 Å². The van der Waals surface area contributed by atoms with Gasteiger partial charge in [0.15, 0.2) is 5.60 Å². The van der Waals surface area contributed by atoms with Gasteiger partial charge in [0.1, 0.15) is 12.0 Å². The third-order valence-electron chi connectivity index (χ3n) is 4.65. The molecule has 0 saturated heterocycles. The maximum absolute atomic E-state index is 13.2. The molecule has 2 atom stereocenters. The fourth-order valence-electron chi connectivity index (χ4n) is 3.23. The Bertz CT molecular complexity index is 771. The van der Waals surface area contributed by atoms with Crippen LogP contribution in [0.5, 0.6) is 0 Å². The SMILES string of the molecule is COC(N1CCc2c(cnn2-c2ccc(F)cc2)C1)[C@@](C)(O)C(F)(F)F. The van der Waals surface area contributed by atoms with Crippen molar-refractivity contribution in [1.29, 1.82) is 0 Å². The van der Waals surface area contributed by atoms with Crippen LogP contribution in [0.25, 0.3) is 5.69 Å². The highest BCUT2D eigenvalue weighted by Crippen LogP contribution is 2.37. The van der Waals surface area contributed by atoms with Crippen LogP contribution in [-0.4, -0.2) is 51.4 Å². The number of methoxy groups -OCH3 is 1. The van der Waals surface area contributed by atoms with E-state index in [0.29, 0.717) is 19.0 Å². The average Bonchev–Trinajstić information content (AvgIpc) is 2.98. The Morgan fingerprint density at radius 2 is 1.88 bits per heavy atom. The van der Waals surface area contributed by atoms with Crippen molar-refractivity contribution in [3.63, 3.8) is 0 Å². The standard InChI is InChI=1S/C17H19F4N3O2/c1-16(25,17(19,20)21)15(26-2)23-8-7-14-11(10-23)9-22-24(14)13-5-3-12(18)4-6-13/h3-6,9,15,25H,7-8,10H2,1-2H3/t15?,16-/m1/s1. The van der Waals surface area contributed by atoms with Crippen molar-refractivity contribution in [2.45, 2.75) is 37.9 Å². The molecular formula is C17H19F4N3O2. The first-order chi connectivity index (χ1) is 12.1. The first kappa shape index (κ1) is 18.8. The van der Waals surface area contributed by atoms with Gasteiger partial charge in [0.25, 0.3) is 0 Å². The van der Waals surface area contributed by atoms with E-state index in [1.807, 2.05) is 0 Å². The number of aromatic nitrogens is 2. The molecule has 1 aliphatic heterocycles. The minimum atomic E-state index is -4.83. The van der Waals surface area contributed by atoms with Crippen molar-refractivity contribution in [3.8, 4) is 5.69 Å². The molecule has 0 aliphatic carbocycles. The molecule has 0 bridgehead atoms. The second kappa shape index (κ2) is 6.64. The molecule has 1 unspecified atom stereocenters. The minimum absolute atomic E-state index is 0.154. The van der Waals surface area contributed by atoms with Gasteiger partial charge in [0, 0.05) is 32.2 Å². The number of benzene rings is 1. The van der Waals surface area contributed by atoms with Crippen LogP contribution in [0.2, 0.25) is 0 Å². The summed E-state index contributed by atoms with van der Waals surface area (Å²) in [5.74, 6) is -0.363. The molecule has 1 aliphatic rings. The molecule has 1 N–H and O–H groups in total. The second-order valence-corrected chi connectivity index (χ2v) is 6.46. The van der Waals surface area contributed by atoms with Crippen molar-refractivity contribution in [3.05, 3.63) is 47.5 Å². The number of hydrogen-bond donors (Lipinski definition) is 1. The van der Waals surface area contributed by atoms with Crippen LogP contribution in [-0.2, 0) is 17.7 Å². The van der Waals surface area contributed by atoms with Crippen molar-refractivity contribution < 1.29 is 27.4 Å². The molecule has 0 saturated carbocycles. The lowest BCUT2D eigenvalue weighted by Crippen LogP contribution is -2.60. The van der Waals surface area contributed by atoms with E-state index in [2.05, 4.69) is 5.10 Å². The van der Waals surface area contributed by atoms with E-state index >= 15 is 0 Å². The quantitative estimate of drug-likeness (QED) is 0.838. The van der Waals surface area contributed by atoms with E-state index in [1.54, 1.807) is 23.0 Å². The van der Waals surface area contributed by atoms with Gasteiger partial charge in [-0.15, -0.1) is 0 Å². The molecule has 2 aromatic rings. The van der Waals surface area contributed by atoms with Crippen LogP contribution in [0.1, 0.15) is 18.2 Å². The van der Waals surface area contributed by atoms with Gasteiger partial charge in [-0.3, -0.25) is 4.90 Å². The van der Waals surface area contributed by atoms with E-state index in [1.165, 1.54) is 17.0 Å². The number of aliphatic hydroxyl groups is 1. The minimum Gasteiger partial charge on any atom is -0.378 e. The summed E-state index contributed by atoms with van der Waals surface area (Å²) in [7, 11) is 1.14. The molecule has 1 aromatic carbocycles. The van der Waals surface area contributed by atoms with Crippen LogP contribution in [0.3, 0.4) is 0 Å². The predicted octanol–water partition coefficient (Wildman–Crippen LogP) is 2.66. The Balaban J connectivity index is 1.86. The van der Waals surface area contributed by atoms with Gasteiger partial charge in [-0.25, -0.2) is 9.07 Å². The zero-order chi connectivity index (χ0) is 19.1. The van der Waals surface area contributed by atoms with E-state index in [4.69, 9.17) is 4.74 Å². The Kier molecular flexibility index (Phi) is 4.80. The summed E-state index contributed by atoms with van der Waals surface area (Å²) >= 11 is 0. The lowest BCUT2D eigenvalue weighted by molar-refractivity contribution is -0.310. The number of fused-ring (bicyclic) bond motifs is 1. The maximum atomic E-state index is 13.2. The predicted molar refractivity (Wildman–Crippen MR) is 85.1 cm³/mol. The molecule has 0 radical (unpaired) electrons. The van der Waals surface area contributed by atoms with Crippen molar-refractivity contribution in [1.82, 2.24) is 14.7 Å². The third-order valence-corrected chi connectivity index (χ3v) is 4.65. The topological polar surface area (TPSA) is 50.5 Å². The van der Waals surface area contributed by atoms with Gasteiger partial charge in [-0.2, -0.15) is 18.3 Å². The summed E-state index contributed by atoms with van der Waals surface area (Å²) in [5.41, 5.74) is -0.756. The molecule has 1 aromatic heterocycles. The number of alkyl halides is 3. The van der Waals surface area contributed by atoms with Crippen LogP contribution in [0.4, 0.5) is 17.6 Å². The zero-order valence-electron chi connectivity index (χ0n) is 14.3. The van der Waals surface area contributed by atoms with Crippen molar-refractivity contribution in [2.24, 2.45) is 0 Å². The number of nitrogens with zero attached hydrogens (tertiary/aromatic N) is 3. The van der Waals surface area contributed by atoms with Gasteiger partial charge in [0.2, 0.25) is 0 Å². The Morgan fingerprint density at radius 1 is 1.23 bits per heavy atom. The molecule has 9 heteroatoms. The third kappa shape index (κ3) is 3.22. The van der Waals surface area contributed by atoms with Crippen molar-refractivity contribution in [2.75, 3.05) is 13.7 Å². The Hall–Kier alpha value is -1.97. The normalized spacial score (nSPS) is 19.0. The first-order valence-electron chi connectivity index (χ1n) is 8.03. The Morgan fingerprint density at radius 3 is 2.46 bits per heavy atom. The molecular weight excluding hydrogens is 354 g/mol. The summed E-state index contributed by atoms with van der Waals surface area (Å²) in [5, 5.41) is 14.2. The average molecular weight is 373 g/mol. The van der Waals surface area contributed by atoms with Gasteiger partial charge in [0.05, 0.1) is 17.6 Å². The lowest BCUT2D eigenvalue weighted by atomic mass is 9.99. The van der Waals surface area contributed by atoms with E-state index < -0.39 is 18.0 Å². The van der Waals surface area contributed by atoms with Gasteiger partial charge >= 0.3 is 6.18 Å². The number of halogens is 4. The highest BCUT2D eigenvalue weighted by Gasteiger charge is 2.57. The zero-order valence-corrected chi connectivity index (χ0v) is 14.3. The molecule has 3 rings (SSSR count). The van der Waals surface area contributed by atoms with Crippen LogP contribution in [0, 0.1) is 5.82 Å². The molecule has 0 fully saturated rings. The van der Waals surface area contributed by atoms with Gasteiger partial charge in [-0.1, -0.05) is 0 Å². The molecule has 2 heterocycles. The lowest BCUT2D eigenvalue weighted by Gasteiger charge is -2.41. The summed E-state index contributed by atoms with van der Waals surface area (Å²) in [4.78, 5) is 1.44. The summed E-state index contributed by atoms with van der Waals surface area (Å²) in [6.45, 7) is 1.12. The van der Waals surface area contributed by atoms with Gasteiger partial charge in [-0.05, 0) is 31.2 Å². The summed E-state index contributed by atoms with van der Waals surface area (Å²) in [6.07, 6.45) is -4.38. The fourth-order valence-corrected chi connectivity index (χ4v) is 3.23. The van der Waals surface area contributed by atoms with E-state index in [9.17, 15) is 22.7 Å². The summed E-state index contributed by atoms with van der Waals surface area (Å²) < 4.78 is 59.3. The molecule has 0 amide bonds. The Labute approximate surface area is 147 Å². The highest BCUT2D eigenvalue weighted by molar-refractivity contribution is 5.36. The largest absolute Gasteiger partial charge is 0.420 e. The highest BCUT2D eigenvalue weighted by atomic mass is 19.4. The summed E-state index contributed by atoms with van der Waals surface area (Å²) in [6, 6.07) is 5.81. The van der Waals surface area contributed by atoms with Crippen LogP contribution >= 0.6 is 0 Å². The van der Waals surface area contributed by atoms with Crippen molar-refractivity contribution >= 4 is 0 Å². The number of rotatable bonds is 4. The molecule has 26 heavy (non-hydrogen) atoms. The fraction of sp³-hybridized carbons (Fsp3) is 0.471. The van der Waals surface area contributed by atoms with Gasteiger partial charge < -0.3 is 9.84 Å². The maximum Gasteiger partial charge on any atom is 0.420 e. The van der Waals surface area contributed by atoms with E-state index in [0.717, 1.165) is 18.4 Å². The first-order valence-corrected chi connectivity index (χ1v) is 8.03. The number of ether oxygens (including phenoxy) is 1. The monoisotopic (exact) mass is 373 g/mol. The second-order valence-electron chi connectivity index (χ2n) is 6.46.